The number of benzene rings is 1. The standard InChI is InChI=1S/C14H17F5N2O.ClH/c15-4-3-13(21-7-5-20-6-8-21)11-9-10(1-2-12(11)16)22-14(17,18)19;/h1-2,9,13,20H,3-8H2;1H/t13-;/m1./s1. The number of nitrogens with one attached hydrogen (secondary N) is 1. The van der Waals surface area contributed by atoms with Crippen molar-refractivity contribution in [2.75, 3.05) is 32.9 Å². The van der Waals surface area contributed by atoms with E-state index in [4.69, 9.17) is 0 Å². The van der Waals surface area contributed by atoms with Gasteiger partial charge in [-0.25, -0.2) is 4.39 Å². The van der Waals surface area contributed by atoms with E-state index in [1.165, 1.54) is 0 Å². The van der Waals surface area contributed by atoms with Crippen LogP contribution in [-0.2, 0) is 0 Å². The molecule has 1 aliphatic rings. The lowest BCUT2D eigenvalue weighted by atomic mass is 10.0. The summed E-state index contributed by atoms with van der Waals surface area (Å²) in [5.74, 6) is -1.16. The molecule has 1 aromatic rings. The molecule has 1 aromatic carbocycles. The van der Waals surface area contributed by atoms with Gasteiger partial charge in [0, 0.05) is 37.8 Å². The Morgan fingerprint density at radius 2 is 1.87 bits per heavy atom. The van der Waals surface area contributed by atoms with Crippen LogP contribution in [-0.4, -0.2) is 44.1 Å². The number of nitrogens with zero attached hydrogens (tertiary/aromatic N) is 1. The maximum absolute atomic E-state index is 14.0. The molecule has 2 rings (SSSR count). The van der Waals surface area contributed by atoms with Gasteiger partial charge in [-0.15, -0.1) is 25.6 Å². The van der Waals surface area contributed by atoms with Crippen molar-refractivity contribution in [2.24, 2.45) is 0 Å². The highest BCUT2D eigenvalue weighted by atomic mass is 35.5. The molecule has 0 aliphatic carbocycles. The van der Waals surface area contributed by atoms with Gasteiger partial charge in [0.25, 0.3) is 0 Å². The highest BCUT2D eigenvalue weighted by Crippen LogP contribution is 2.32. The zero-order valence-electron chi connectivity index (χ0n) is 12.2. The molecular weight excluding hydrogens is 343 g/mol. The van der Waals surface area contributed by atoms with E-state index in [1.54, 1.807) is 0 Å². The molecule has 1 aliphatic heterocycles. The fraction of sp³-hybridized carbons (Fsp3) is 0.571. The van der Waals surface area contributed by atoms with E-state index < -0.39 is 30.6 Å². The lowest BCUT2D eigenvalue weighted by molar-refractivity contribution is -0.274. The van der Waals surface area contributed by atoms with Crippen molar-refractivity contribution < 1.29 is 26.7 Å². The number of ether oxygens (including phenoxy) is 1. The maximum Gasteiger partial charge on any atom is 0.573 e. The highest BCUT2D eigenvalue weighted by molar-refractivity contribution is 5.85. The molecule has 0 bridgehead atoms. The first-order chi connectivity index (χ1) is 10.4. The first-order valence-corrected chi connectivity index (χ1v) is 6.96. The molecule has 3 nitrogen and oxygen atoms in total. The van der Waals surface area contributed by atoms with Gasteiger partial charge in [0.05, 0.1) is 6.67 Å². The Labute approximate surface area is 137 Å². The van der Waals surface area contributed by atoms with E-state index >= 15 is 0 Å². The fourth-order valence-corrected chi connectivity index (χ4v) is 2.61. The summed E-state index contributed by atoms with van der Waals surface area (Å²) in [6, 6.07) is 2.23. The second-order valence-corrected chi connectivity index (χ2v) is 5.01. The molecular formula is C14H18ClF5N2O. The SMILES string of the molecule is Cl.FCC[C@H](c1cc(OC(F)(F)F)ccc1F)N1CCNCC1. The molecule has 132 valence electrons. The molecule has 0 radical (unpaired) electrons. The molecule has 1 fully saturated rings. The summed E-state index contributed by atoms with van der Waals surface area (Å²) in [6.45, 7) is 1.81. The topological polar surface area (TPSA) is 24.5 Å². The molecule has 1 heterocycles. The first-order valence-electron chi connectivity index (χ1n) is 6.96. The summed E-state index contributed by atoms with van der Waals surface area (Å²) in [7, 11) is 0. The third kappa shape index (κ3) is 5.78. The predicted molar refractivity (Wildman–Crippen MR) is 78.1 cm³/mol. The van der Waals surface area contributed by atoms with Crippen molar-refractivity contribution in [2.45, 2.75) is 18.8 Å². The van der Waals surface area contributed by atoms with Gasteiger partial charge in [-0.1, -0.05) is 0 Å². The number of piperazine rings is 1. The molecule has 0 aromatic heterocycles. The maximum atomic E-state index is 14.0. The monoisotopic (exact) mass is 360 g/mol. The third-order valence-electron chi connectivity index (χ3n) is 3.53. The van der Waals surface area contributed by atoms with Crippen molar-refractivity contribution in [3.05, 3.63) is 29.6 Å². The van der Waals surface area contributed by atoms with Crippen molar-refractivity contribution in [3.63, 3.8) is 0 Å². The zero-order valence-corrected chi connectivity index (χ0v) is 13.0. The van der Waals surface area contributed by atoms with Crippen LogP contribution in [0.25, 0.3) is 0 Å². The largest absolute Gasteiger partial charge is 0.573 e. The van der Waals surface area contributed by atoms with Gasteiger partial charge in [0.1, 0.15) is 11.6 Å². The Balaban J connectivity index is 0.00000264. The van der Waals surface area contributed by atoms with Crippen LogP contribution >= 0.6 is 12.4 Å². The van der Waals surface area contributed by atoms with Crippen molar-refractivity contribution in [3.8, 4) is 5.75 Å². The number of halogens is 6. The van der Waals surface area contributed by atoms with Gasteiger partial charge in [-0.05, 0) is 24.6 Å². The molecule has 1 saturated heterocycles. The fourth-order valence-electron chi connectivity index (χ4n) is 2.61. The zero-order chi connectivity index (χ0) is 16.2. The number of alkyl halides is 4. The Bertz CT molecular complexity index is 495. The summed E-state index contributed by atoms with van der Waals surface area (Å²) in [4.78, 5) is 1.87. The lowest BCUT2D eigenvalue weighted by Gasteiger charge is -2.35. The molecule has 0 spiro atoms. The van der Waals surface area contributed by atoms with Crippen molar-refractivity contribution in [1.82, 2.24) is 10.2 Å². The number of hydrogen-bond donors (Lipinski definition) is 1. The van der Waals surface area contributed by atoms with Crippen LogP contribution < -0.4 is 10.1 Å². The lowest BCUT2D eigenvalue weighted by Crippen LogP contribution is -2.45. The van der Waals surface area contributed by atoms with E-state index in [1.807, 2.05) is 4.90 Å². The van der Waals surface area contributed by atoms with Crippen LogP contribution in [0.5, 0.6) is 5.75 Å². The Morgan fingerprint density at radius 1 is 1.22 bits per heavy atom. The van der Waals surface area contributed by atoms with E-state index in [9.17, 15) is 22.0 Å². The van der Waals surface area contributed by atoms with Gasteiger partial charge in [0.2, 0.25) is 0 Å². The summed E-state index contributed by atoms with van der Waals surface area (Å²) < 4.78 is 67.5. The second-order valence-electron chi connectivity index (χ2n) is 5.01. The smallest absolute Gasteiger partial charge is 0.406 e. The third-order valence-corrected chi connectivity index (χ3v) is 3.53. The molecule has 23 heavy (non-hydrogen) atoms. The molecule has 0 unspecified atom stereocenters. The predicted octanol–water partition coefficient (Wildman–Crippen LogP) is 3.45. The molecule has 9 heteroatoms. The quantitative estimate of drug-likeness (QED) is 0.814. The Kier molecular flexibility index (Phi) is 7.50. The van der Waals surface area contributed by atoms with Gasteiger partial charge < -0.3 is 10.1 Å². The van der Waals surface area contributed by atoms with Gasteiger partial charge >= 0.3 is 6.36 Å². The average Bonchev–Trinajstić information content (AvgIpc) is 2.46. The van der Waals surface area contributed by atoms with Crippen LogP contribution in [0, 0.1) is 5.82 Å². The Hall–Kier alpha value is -1.12. The Morgan fingerprint density at radius 3 is 2.43 bits per heavy atom. The van der Waals surface area contributed by atoms with Crippen LogP contribution in [0.1, 0.15) is 18.0 Å². The van der Waals surface area contributed by atoms with Crippen LogP contribution in [0.15, 0.2) is 18.2 Å². The molecule has 0 amide bonds. The normalized spacial score (nSPS) is 17.4. The summed E-state index contributed by atoms with van der Waals surface area (Å²) >= 11 is 0. The highest BCUT2D eigenvalue weighted by Gasteiger charge is 2.32. The molecule has 1 atom stereocenters. The van der Waals surface area contributed by atoms with Crippen LogP contribution in [0.4, 0.5) is 22.0 Å². The van der Waals surface area contributed by atoms with Crippen LogP contribution in [0.2, 0.25) is 0 Å². The summed E-state index contributed by atoms with van der Waals surface area (Å²) in [6.07, 6.45) is -4.83. The van der Waals surface area contributed by atoms with E-state index in [-0.39, 0.29) is 24.4 Å². The minimum atomic E-state index is -4.85. The van der Waals surface area contributed by atoms with Crippen molar-refractivity contribution >= 4 is 12.4 Å². The van der Waals surface area contributed by atoms with E-state index in [0.717, 1.165) is 18.2 Å². The summed E-state index contributed by atoms with van der Waals surface area (Å²) in [5, 5.41) is 3.12. The van der Waals surface area contributed by atoms with Crippen molar-refractivity contribution in [1.29, 1.82) is 0 Å². The average molecular weight is 361 g/mol. The van der Waals surface area contributed by atoms with E-state index in [2.05, 4.69) is 10.1 Å². The first kappa shape index (κ1) is 19.9. The number of rotatable bonds is 5. The van der Waals surface area contributed by atoms with E-state index in [0.29, 0.717) is 26.2 Å². The van der Waals surface area contributed by atoms with Gasteiger partial charge in [0.15, 0.2) is 0 Å². The van der Waals surface area contributed by atoms with Gasteiger partial charge in [-0.3, -0.25) is 9.29 Å². The molecule has 1 N–H and O–H groups in total. The minimum Gasteiger partial charge on any atom is -0.406 e. The molecule has 0 saturated carbocycles. The minimum absolute atomic E-state index is 0. The van der Waals surface area contributed by atoms with Gasteiger partial charge in [-0.2, -0.15) is 0 Å². The second kappa shape index (κ2) is 8.65. The summed E-state index contributed by atoms with van der Waals surface area (Å²) in [5.41, 5.74) is 0.0290. The van der Waals surface area contributed by atoms with Crippen LogP contribution in [0.3, 0.4) is 0 Å². The number of hydrogen-bond acceptors (Lipinski definition) is 3.